The molecule has 0 unspecified atom stereocenters. The van der Waals surface area contributed by atoms with Gasteiger partial charge in [-0.15, -0.1) is 0 Å². The lowest BCUT2D eigenvalue weighted by Crippen LogP contribution is -2.41. The topological polar surface area (TPSA) is 71.8 Å². The molecule has 4 heterocycles. The molecule has 4 atom stereocenters. The quantitative estimate of drug-likeness (QED) is 0.833. The second-order valence-electron chi connectivity index (χ2n) is 9.30. The van der Waals surface area contributed by atoms with Gasteiger partial charge >= 0.3 is 0 Å². The van der Waals surface area contributed by atoms with E-state index in [4.69, 9.17) is 9.15 Å². The third-order valence-electron chi connectivity index (χ3n) is 7.43. The van der Waals surface area contributed by atoms with Crippen LogP contribution in [0, 0.1) is 17.3 Å². The van der Waals surface area contributed by atoms with Gasteiger partial charge in [-0.1, -0.05) is 6.92 Å². The lowest BCUT2D eigenvalue weighted by molar-refractivity contribution is -0.132. The number of furan rings is 1. The molecule has 1 spiro atoms. The van der Waals surface area contributed by atoms with Crippen LogP contribution >= 0.6 is 0 Å². The molecular weight excluding hydrogens is 344 g/mol. The first kappa shape index (κ1) is 17.3. The summed E-state index contributed by atoms with van der Waals surface area (Å²) in [4.78, 5) is 27.0. The van der Waals surface area contributed by atoms with Crippen LogP contribution in [0.25, 0.3) is 0 Å². The number of rotatable bonds is 6. The Bertz CT molecular complexity index is 741. The minimum atomic E-state index is -0.180. The molecule has 0 aromatic carbocycles. The van der Waals surface area contributed by atoms with Crippen LogP contribution in [0.3, 0.4) is 0 Å². The highest BCUT2D eigenvalue weighted by atomic mass is 16.5. The second kappa shape index (κ2) is 6.09. The first-order valence-corrected chi connectivity index (χ1v) is 10.3. The van der Waals surface area contributed by atoms with Gasteiger partial charge in [-0.2, -0.15) is 0 Å². The zero-order valence-electron chi connectivity index (χ0n) is 15.9. The number of nitrogens with one attached hydrogen (secondary N) is 1. The summed E-state index contributed by atoms with van der Waals surface area (Å²) in [5.74, 6) is 1.04. The Morgan fingerprint density at radius 1 is 1.33 bits per heavy atom. The zero-order valence-corrected chi connectivity index (χ0v) is 15.9. The Morgan fingerprint density at radius 3 is 2.93 bits per heavy atom. The molecule has 0 radical (unpaired) electrons. The Kier molecular flexibility index (Phi) is 3.90. The lowest BCUT2D eigenvalue weighted by Gasteiger charge is -2.29. The van der Waals surface area contributed by atoms with Gasteiger partial charge in [0.25, 0.3) is 5.91 Å². The van der Waals surface area contributed by atoms with E-state index in [2.05, 4.69) is 12.2 Å². The van der Waals surface area contributed by atoms with Gasteiger partial charge in [0, 0.05) is 31.3 Å². The maximum Gasteiger partial charge on any atom is 0.286 e. The van der Waals surface area contributed by atoms with Gasteiger partial charge in [-0.25, -0.2) is 0 Å². The van der Waals surface area contributed by atoms with Crippen molar-refractivity contribution in [2.75, 3.05) is 19.6 Å². The number of carbonyl (C=O) groups excluding carboxylic acids is 2. The largest absolute Gasteiger partial charge is 0.459 e. The zero-order chi connectivity index (χ0) is 18.6. The maximum absolute atomic E-state index is 12.7. The molecule has 1 saturated carbocycles. The minimum absolute atomic E-state index is 0.177. The first-order valence-electron chi connectivity index (χ1n) is 10.3. The van der Waals surface area contributed by atoms with Crippen LogP contribution in [0.5, 0.6) is 0 Å². The number of likely N-dealkylation sites (tertiary alicyclic amines) is 1. The summed E-state index contributed by atoms with van der Waals surface area (Å²) in [5.41, 5.74) is 0.237. The fourth-order valence-electron chi connectivity index (χ4n) is 5.39. The molecule has 4 fully saturated rings. The van der Waals surface area contributed by atoms with E-state index in [1.54, 1.807) is 12.1 Å². The molecule has 3 saturated heterocycles. The highest BCUT2D eigenvalue weighted by molar-refractivity contribution is 5.91. The molecule has 2 bridgehead atoms. The van der Waals surface area contributed by atoms with Crippen LogP contribution in [-0.4, -0.2) is 48.1 Å². The summed E-state index contributed by atoms with van der Waals surface area (Å²) in [6.07, 6.45) is 7.95. The maximum atomic E-state index is 12.7. The molecule has 1 aliphatic carbocycles. The Balaban J connectivity index is 1.21. The molecule has 6 nitrogen and oxygen atoms in total. The number of nitrogens with zero attached hydrogens (tertiary/aromatic N) is 1. The van der Waals surface area contributed by atoms with E-state index in [0.717, 1.165) is 32.4 Å². The van der Waals surface area contributed by atoms with Crippen molar-refractivity contribution in [3.05, 3.63) is 24.2 Å². The summed E-state index contributed by atoms with van der Waals surface area (Å²) in [7, 11) is 0. The fourth-order valence-corrected chi connectivity index (χ4v) is 5.39. The highest BCUT2D eigenvalue weighted by Crippen LogP contribution is 2.55. The number of hydrogen-bond donors (Lipinski definition) is 1. The Labute approximate surface area is 159 Å². The molecule has 27 heavy (non-hydrogen) atoms. The molecular formula is C21H28N2O4. The predicted molar refractivity (Wildman–Crippen MR) is 98.0 cm³/mol. The van der Waals surface area contributed by atoms with Crippen LogP contribution in [0.2, 0.25) is 0 Å². The fraction of sp³-hybridized carbons (Fsp3) is 0.714. The molecule has 1 aromatic heterocycles. The molecule has 4 aliphatic rings. The van der Waals surface area contributed by atoms with Gasteiger partial charge in [-0.3, -0.25) is 9.59 Å². The van der Waals surface area contributed by atoms with Gasteiger partial charge in [-0.05, 0) is 49.7 Å². The normalized spacial score (nSPS) is 35.3. The van der Waals surface area contributed by atoms with E-state index in [-0.39, 0.29) is 29.4 Å². The van der Waals surface area contributed by atoms with Crippen molar-refractivity contribution < 1.29 is 18.7 Å². The molecule has 3 aliphatic heterocycles. The molecule has 5 rings (SSSR count). The van der Waals surface area contributed by atoms with E-state index >= 15 is 0 Å². The molecule has 2 amide bonds. The second-order valence-corrected chi connectivity index (χ2v) is 9.30. The van der Waals surface area contributed by atoms with Gasteiger partial charge in [0.2, 0.25) is 5.91 Å². The summed E-state index contributed by atoms with van der Waals surface area (Å²) in [6.45, 7) is 4.36. The van der Waals surface area contributed by atoms with Crippen molar-refractivity contribution in [3.8, 4) is 0 Å². The molecule has 146 valence electrons. The molecule has 1 aromatic rings. The Morgan fingerprint density at radius 2 is 2.19 bits per heavy atom. The van der Waals surface area contributed by atoms with E-state index in [1.807, 2.05) is 4.90 Å². The average Bonchev–Trinajstić information content (AvgIpc) is 3.15. The van der Waals surface area contributed by atoms with Crippen LogP contribution in [0.15, 0.2) is 22.8 Å². The number of ether oxygens (including phenoxy) is 1. The number of fused-ring (bicyclic) bond motifs is 1. The Hall–Kier alpha value is -1.82. The third-order valence-corrected chi connectivity index (χ3v) is 7.43. The first-order chi connectivity index (χ1) is 13.0. The van der Waals surface area contributed by atoms with Crippen LogP contribution in [-0.2, 0) is 9.53 Å². The standard InChI is InChI=1S/C21H28N2O4/c1-20(8-9-20)6-5-18(24)23-12-15-14(16-4-7-21(15,13-23)27-16)11-22-19(25)17-3-2-10-26-17/h2-3,10,14-16H,4-9,11-13H2,1H3,(H,22,25)/t14-,15+,16+,21+/m0/s1. The summed E-state index contributed by atoms with van der Waals surface area (Å²) in [5, 5.41) is 3.00. The van der Waals surface area contributed by atoms with E-state index in [1.165, 1.54) is 19.1 Å². The van der Waals surface area contributed by atoms with Crippen molar-refractivity contribution >= 4 is 11.8 Å². The van der Waals surface area contributed by atoms with Crippen molar-refractivity contribution in [1.82, 2.24) is 10.2 Å². The monoisotopic (exact) mass is 372 g/mol. The van der Waals surface area contributed by atoms with Gasteiger partial charge in [0.1, 0.15) is 0 Å². The van der Waals surface area contributed by atoms with E-state index in [0.29, 0.717) is 30.1 Å². The van der Waals surface area contributed by atoms with Crippen LogP contribution in [0.1, 0.15) is 56.0 Å². The minimum Gasteiger partial charge on any atom is -0.459 e. The molecule has 1 N–H and O–H groups in total. The van der Waals surface area contributed by atoms with Crippen molar-refractivity contribution in [2.24, 2.45) is 17.3 Å². The van der Waals surface area contributed by atoms with Crippen molar-refractivity contribution in [3.63, 3.8) is 0 Å². The van der Waals surface area contributed by atoms with Crippen molar-refractivity contribution in [2.45, 2.75) is 57.2 Å². The molecule has 6 heteroatoms. The highest BCUT2D eigenvalue weighted by Gasteiger charge is 2.63. The van der Waals surface area contributed by atoms with E-state index in [9.17, 15) is 9.59 Å². The average molecular weight is 372 g/mol. The van der Waals surface area contributed by atoms with Crippen LogP contribution < -0.4 is 5.32 Å². The van der Waals surface area contributed by atoms with E-state index < -0.39 is 0 Å². The summed E-state index contributed by atoms with van der Waals surface area (Å²) in [6, 6.07) is 3.39. The smallest absolute Gasteiger partial charge is 0.286 e. The number of amides is 2. The number of hydrogen-bond acceptors (Lipinski definition) is 4. The third kappa shape index (κ3) is 2.98. The SMILES string of the molecule is CC1(CCC(=O)N2C[C@@H]3[C@H](CNC(=O)c4ccco4)[C@H]4CC[C@]3(C2)O4)CC1. The summed E-state index contributed by atoms with van der Waals surface area (Å²) >= 11 is 0. The van der Waals surface area contributed by atoms with Gasteiger partial charge in [0.15, 0.2) is 5.76 Å². The van der Waals surface area contributed by atoms with Crippen LogP contribution in [0.4, 0.5) is 0 Å². The predicted octanol–water partition coefficient (Wildman–Crippen LogP) is 2.60. The summed E-state index contributed by atoms with van der Waals surface area (Å²) < 4.78 is 11.6. The number of carbonyl (C=O) groups is 2. The lowest BCUT2D eigenvalue weighted by atomic mass is 9.73. The van der Waals surface area contributed by atoms with Gasteiger partial charge in [0.05, 0.1) is 24.5 Å². The van der Waals surface area contributed by atoms with Crippen molar-refractivity contribution in [1.29, 1.82) is 0 Å². The van der Waals surface area contributed by atoms with Gasteiger partial charge < -0.3 is 19.4 Å².